The molecule has 22 heteroatoms. The predicted octanol–water partition coefficient (Wildman–Crippen LogP) is 10.1. The number of hydrogen-bond acceptors (Lipinski definition) is 14. The number of nitrogens with zero attached hydrogens (tertiary/aromatic N) is 4. The maximum atomic E-state index is 11.3. The molecule has 72 heavy (non-hydrogen) atoms. The van der Waals surface area contributed by atoms with E-state index in [-0.39, 0.29) is 42.4 Å². The Labute approximate surface area is 421 Å². The predicted molar refractivity (Wildman–Crippen MR) is 260 cm³/mol. The molecule has 0 bridgehead atoms. The normalized spacial score (nSPS) is 13.8. The van der Waals surface area contributed by atoms with Gasteiger partial charge in [-0.15, -0.1) is 0 Å². The number of aliphatic carboxylic acids is 3. The van der Waals surface area contributed by atoms with Crippen LogP contribution in [-0.2, 0) is 30.0 Å². The van der Waals surface area contributed by atoms with Crippen molar-refractivity contribution in [2.24, 2.45) is 5.73 Å². The molecule has 6 aromatic rings. The number of aromatic nitrogens is 4. The van der Waals surface area contributed by atoms with Gasteiger partial charge < -0.3 is 49.7 Å². The van der Waals surface area contributed by atoms with Gasteiger partial charge in [0, 0.05) is 47.3 Å². The van der Waals surface area contributed by atoms with Crippen molar-refractivity contribution >= 4 is 47.4 Å². The third kappa shape index (κ3) is 16.1. The first kappa shape index (κ1) is 56.0. The topological polar surface area (TPSA) is 263 Å². The molecule has 4 aromatic carbocycles. The highest BCUT2D eigenvalue weighted by Crippen LogP contribution is 2.48. The van der Waals surface area contributed by atoms with E-state index in [1.807, 2.05) is 82.3 Å². The lowest BCUT2D eigenvalue weighted by molar-refractivity contribution is -0.192. The molecule has 8 rings (SSSR count). The van der Waals surface area contributed by atoms with E-state index in [1.165, 1.54) is 5.56 Å². The number of nitrogens with one attached hydrogen (secondary N) is 1. The standard InChI is InChI=1S/C24H26ClN3O4.C21H19ClN2O3.C3H7NO2.C2HF3O2/c1-15(2)31-20-8-5-17(13-19(20)25)22-27-23(32-28-22)16-3-6-18(7-4-16)24(10-11-24)14-26-12-9-21(29)30;1-13(2)26-18-8-5-15(11-17(18)22)19-23-20(27-24-19)14-3-6-16(7-4-14)21(12-25)9-10-21;4-2-1-3(5)6;3-2(4,5)1(6)7/h3-8,13,15,26H,9-12,14H2,1-2H3,(H,29,30);3-8,11-13H,9-10H2,1-2H3;1-2,4H2,(H,5,6);(H,6,7). The average Bonchev–Trinajstić information content (AvgIpc) is 4.19. The van der Waals surface area contributed by atoms with Gasteiger partial charge in [-0.05, 0) is 125 Å². The Hall–Kier alpha value is -6.87. The Bertz CT molecular complexity index is 2780. The van der Waals surface area contributed by atoms with E-state index in [0.717, 1.165) is 66.3 Å². The molecule has 2 heterocycles. The van der Waals surface area contributed by atoms with Crippen molar-refractivity contribution in [3.8, 4) is 57.2 Å². The molecule has 6 N–H and O–H groups in total. The molecule has 2 aromatic heterocycles. The second-order valence-corrected chi connectivity index (χ2v) is 18.0. The summed E-state index contributed by atoms with van der Waals surface area (Å²) in [5.74, 6) is -1.35. The maximum absolute atomic E-state index is 11.3. The smallest absolute Gasteiger partial charge is 0.489 e. The van der Waals surface area contributed by atoms with Crippen molar-refractivity contribution in [3.63, 3.8) is 0 Å². The zero-order valence-corrected chi connectivity index (χ0v) is 41.1. The number of carbonyl (C=O) groups is 4. The molecule has 0 atom stereocenters. The molecule has 0 amide bonds. The summed E-state index contributed by atoms with van der Waals surface area (Å²) < 4.78 is 53.9. The van der Waals surface area contributed by atoms with Crippen LogP contribution in [0.15, 0.2) is 94.0 Å². The zero-order valence-electron chi connectivity index (χ0n) is 39.5. The minimum atomic E-state index is -5.08. The fraction of sp³-hybridized carbons (Fsp3) is 0.360. The quantitative estimate of drug-likeness (QED) is 0.0396. The number of halogens is 5. The van der Waals surface area contributed by atoms with Crippen LogP contribution >= 0.6 is 23.2 Å². The summed E-state index contributed by atoms with van der Waals surface area (Å²) in [5, 5.41) is 36.1. The molecular weight excluding hydrogens is 988 g/mol. The van der Waals surface area contributed by atoms with Crippen molar-refractivity contribution in [2.75, 3.05) is 19.6 Å². The number of ether oxygens (including phenoxy) is 2. The van der Waals surface area contributed by atoms with Gasteiger partial charge in [-0.25, -0.2) is 4.79 Å². The fourth-order valence-corrected chi connectivity index (χ4v) is 7.23. The summed E-state index contributed by atoms with van der Waals surface area (Å²) in [7, 11) is 0. The summed E-state index contributed by atoms with van der Waals surface area (Å²) in [6, 6.07) is 26.7. The lowest BCUT2D eigenvalue weighted by atomic mass is 9.95. The molecule has 0 aliphatic heterocycles. The SMILES string of the molecule is CC(C)Oc1ccc(-c2noc(-c3ccc(C4(C=O)CC4)cc3)n2)cc1Cl.CC(C)Oc1ccc(-c2noc(-c3ccc(C4(CNCCC(=O)O)CC4)cc3)n2)cc1Cl.NCCC(=O)O.O=C(O)C(F)(F)F. The maximum Gasteiger partial charge on any atom is 0.490 e. The van der Waals surface area contributed by atoms with Gasteiger partial charge in [0.25, 0.3) is 11.8 Å². The van der Waals surface area contributed by atoms with E-state index in [9.17, 15) is 27.6 Å². The van der Waals surface area contributed by atoms with Crippen molar-refractivity contribution in [1.29, 1.82) is 0 Å². The number of carbonyl (C=O) groups excluding carboxylic acids is 1. The first-order valence-electron chi connectivity index (χ1n) is 22.5. The van der Waals surface area contributed by atoms with Crippen LogP contribution in [0.4, 0.5) is 13.2 Å². The number of nitrogens with two attached hydrogens (primary N) is 1. The van der Waals surface area contributed by atoms with E-state index in [2.05, 4.69) is 37.7 Å². The van der Waals surface area contributed by atoms with E-state index >= 15 is 0 Å². The largest absolute Gasteiger partial charge is 0.490 e. The van der Waals surface area contributed by atoms with Crippen molar-refractivity contribution in [2.45, 2.75) is 95.4 Å². The molecule has 0 spiro atoms. The second-order valence-electron chi connectivity index (χ2n) is 17.2. The van der Waals surface area contributed by atoms with Crippen LogP contribution in [0.5, 0.6) is 11.5 Å². The Kier molecular flexibility index (Phi) is 19.5. The summed E-state index contributed by atoms with van der Waals surface area (Å²) >= 11 is 12.6. The van der Waals surface area contributed by atoms with Gasteiger partial charge >= 0.3 is 24.1 Å². The van der Waals surface area contributed by atoms with Gasteiger partial charge in [-0.1, -0.05) is 57.8 Å². The van der Waals surface area contributed by atoms with Crippen molar-refractivity contribution in [3.05, 3.63) is 106 Å². The van der Waals surface area contributed by atoms with Gasteiger partial charge in [-0.2, -0.15) is 23.1 Å². The highest BCUT2D eigenvalue weighted by Gasteiger charge is 2.45. The van der Waals surface area contributed by atoms with E-state index in [4.69, 9.17) is 67.6 Å². The van der Waals surface area contributed by atoms with Crippen LogP contribution in [-0.4, -0.2) is 97.8 Å². The zero-order chi connectivity index (χ0) is 52.8. The fourth-order valence-electron chi connectivity index (χ4n) is 6.78. The Balaban J connectivity index is 0.000000217. The number of hydrogen-bond donors (Lipinski definition) is 5. The number of carboxylic acid groups (broad SMARTS) is 3. The molecular formula is C50H53Cl2F3N6O11. The molecule has 2 saturated carbocycles. The summed E-state index contributed by atoms with van der Waals surface area (Å²) in [6.45, 7) is 9.28. The van der Waals surface area contributed by atoms with Crippen LogP contribution in [0.2, 0.25) is 10.0 Å². The monoisotopic (exact) mass is 1040 g/mol. The molecule has 2 aliphatic carbocycles. The highest BCUT2D eigenvalue weighted by molar-refractivity contribution is 6.32. The summed E-state index contributed by atoms with van der Waals surface area (Å²) in [6.07, 6.45) is 0.255. The lowest BCUT2D eigenvalue weighted by Crippen LogP contribution is -2.28. The van der Waals surface area contributed by atoms with Crippen molar-refractivity contribution < 1.29 is 66.2 Å². The van der Waals surface area contributed by atoms with Crippen molar-refractivity contribution in [1.82, 2.24) is 25.6 Å². The number of aldehydes is 1. The van der Waals surface area contributed by atoms with Gasteiger partial charge in [0.05, 0.1) is 40.5 Å². The molecule has 2 fully saturated rings. The van der Waals surface area contributed by atoms with E-state index < -0.39 is 24.1 Å². The number of benzene rings is 4. The van der Waals surface area contributed by atoms with Crippen LogP contribution < -0.4 is 20.5 Å². The minimum absolute atomic E-state index is 0.0356. The molecule has 0 radical (unpaired) electrons. The first-order chi connectivity index (χ1) is 34.1. The number of rotatable bonds is 18. The molecule has 2 aliphatic rings. The van der Waals surface area contributed by atoms with Crippen LogP contribution in [0, 0.1) is 0 Å². The number of alkyl halides is 3. The molecule has 0 saturated heterocycles. The van der Waals surface area contributed by atoms with Crippen LogP contribution in [0.1, 0.15) is 77.3 Å². The van der Waals surface area contributed by atoms with Gasteiger partial charge in [0.15, 0.2) is 0 Å². The third-order valence-corrected chi connectivity index (χ3v) is 11.4. The second kappa shape index (κ2) is 25.0. The van der Waals surface area contributed by atoms with Gasteiger partial charge in [0.2, 0.25) is 11.6 Å². The Morgan fingerprint density at radius 1 is 0.708 bits per heavy atom. The summed E-state index contributed by atoms with van der Waals surface area (Å²) in [5.41, 5.74) is 10.1. The number of carboxylic acids is 3. The molecule has 0 unspecified atom stereocenters. The van der Waals surface area contributed by atoms with Gasteiger partial charge in [-0.3, -0.25) is 9.59 Å². The Morgan fingerprint density at radius 3 is 1.44 bits per heavy atom. The highest BCUT2D eigenvalue weighted by atomic mass is 35.5. The average molecular weight is 1040 g/mol. The molecule has 17 nitrogen and oxygen atoms in total. The van der Waals surface area contributed by atoms with E-state index in [1.54, 1.807) is 18.2 Å². The minimum Gasteiger partial charge on any atom is -0.489 e. The van der Waals surface area contributed by atoms with Crippen LogP contribution in [0.3, 0.4) is 0 Å². The third-order valence-electron chi connectivity index (χ3n) is 10.9. The molecule has 384 valence electrons. The van der Waals surface area contributed by atoms with Crippen LogP contribution in [0.25, 0.3) is 45.7 Å². The summed E-state index contributed by atoms with van der Waals surface area (Å²) in [4.78, 5) is 49.3. The van der Waals surface area contributed by atoms with E-state index in [0.29, 0.717) is 51.5 Å². The lowest BCUT2D eigenvalue weighted by Gasteiger charge is -2.16. The van der Waals surface area contributed by atoms with Gasteiger partial charge in [0.1, 0.15) is 17.8 Å². The Morgan fingerprint density at radius 2 is 1.12 bits per heavy atom. The first-order valence-corrected chi connectivity index (χ1v) is 23.3.